The molecule has 0 aromatic heterocycles. The van der Waals surface area contributed by atoms with Crippen LogP contribution in [0.1, 0.15) is 12.8 Å². The average molecular weight is 289 g/mol. The minimum absolute atomic E-state index is 0.0903. The molecule has 1 heterocycles. The van der Waals surface area contributed by atoms with Crippen LogP contribution in [0.2, 0.25) is 0 Å². The molecule has 1 rings (SSSR count). The lowest BCUT2D eigenvalue weighted by atomic mass is 10.2. The summed E-state index contributed by atoms with van der Waals surface area (Å²) in [5.74, 6) is -0.462. The van der Waals surface area contributed by atoms with Crippen LogP contribution in [-0.2, 0) is 9.59 Å². The Bertz CT molecular complexity index is 351. The maximum Gasteiger partial charge on any atom is 0.326 e. The Kier molecular flexibility index (Phi) is 6.48. The Morgan fingerprint density at radius 1 is 1.53 bits per heavy atom. The number of nitrogens with zero attached hydrogens (tertiary/aromatic N) is 1. The normalized spacial score (nSPS) is 17.3. The van der Waals surface area contributed by atoms with Crippen molar-refractivity contribution < 1.29 is 19.5 Å². The largest absolute Gasteiger partial charge is 0.480 e. The first kappa shape index (κ1) is 15.6. The summed E-state index contributed by atoms with van der Waals surface area (Å²) in [7, 11) is 0. The highest BCUT2D eigenvalue weighted by molar-refractivity contribution is 7.98. The van der Waals surface area contributed by atoms with E-state index in [0.717, 1.165) is 0 Å². The molecule has 0 spiro atoms. The molecule has 1 aliphatic rings. The molecule has 1 fully saturated rings. The lowest BCUT2D eigenvalue weighted by molar-refractivity contribution is -0.139. The molecule has 0 radical (unpaired) electrons. The number of urea groups is 1. The van der Waals surface area contributed by atoms with Gasteiger partial charge < -0.3 is 20.6 Å². The smallest absolute Gasteiger partial charge is 0.326 e. The third-order valence-electron chi connectivity index (χ3n) is 2.81. The van der Waals surface area contributed by atoms with Crippen molar-refractivity contribution in [2.75, 3.05) is 31.6 Å². The maximum atomic E-state index is 11.9. The van der Waals surface area contributed by atoms with E-state index in [2.05, 4.69) is 10.6 Å². The van der Waals surface area contributed by atoms with Crippen molar-refractivity contribution in [3.63, 3.8) is 0 Å². The SMILES string of the molecule is CSCC[C@@H](NC(=O)N1CCNC(=O)CC1)C(=O)O. The number of amides is 3. The summed E-state index contributed by atoms with van der Waals surface area (Å²) >= 11 is 1.53. The van der Waals surface area contributed by atoms with Crippen LogP contribution in [0.25, 0.3) is 0 Å². The minimum atomic E-state index is -1.04. The molecule has 3 N–H and O–H groups in total. The summed E-state index contributed by atoms with van der Waals surface area (Å²) in [6.45, 7) is 1.10. The summed E-state index contributed by atoms with van der Waals surface area (Å²) < 4.78 is 0. The van der Waals surface area contributed by atoms with E-state index in [0.29, 0.717) is 31.8 Å². The summed E-state index contributed by atoms with van der Waals surface area (Å²) in [5, 5.41) is 14.2. The van der Waals surface area contributed by atoms with Crippen molar-refractivity contribution in [3.05, 3.63) is 0 Å². The van der Waals surface area contributed by atoms with Crippen LogP contribution in [0.3, 0.4) is 0 Å². The lowest BCUT2D eigenvalue weighted by Gasteiger charge is -2.23. The minimum Gasteiger partial charge on any atom is -0.480 e. The number of carbonyl (C=O) groups excluding carboxylic acids is 2. The highest BCUT2D eigenvalue weighted by atomic mass is 32.2. The number of hydrogen-bond acceptors (Lipinski definition) is 4. The monoisotopic (exact) mass is 289 g/mol. The van der Waals surface area contributed by atoms with E-state index in [-0.39, 0.29) is 12.3 Å². The molecule has 0 aromatic carbocycles. The molecule has 0 bridgehead atoms. The third kappa shape index (κ3) is 5.37. The van der Waals surface area contributed by atoms with Gasteiger partial charge in [0.25, 0.3) is 0 Å². The average Bonchev–Trinajstić information content (AvgIpc) is 2.58. The van der Waals surface area contributed by atoms with Crippen LogP contribution in [0.5, 0.6) is 0 Å². The van der Waals surface area contributed by atoms with Gasteiger partial charge in [-0.2, -0.15) is 11.8 Å². The molecule has 108 valence electrons. The van der Waals surface area contributed by atoms with Gasteiger partial charge in [-0.3, -0.25) is 4.79 Å². The lowest BCUT2D eigenvalue weighted by Crippen LogP contribution is -2.49. The number of aliphatic carboxylic acids is 1. The zero-order chi connectivity index (χ0) is 14.3. The number of carboxylic acids is 1. The van der Waals surface area contributed by atoms with Crippen molar-refractivity contribution >= 4 is 29.7 Å². The summed E-state index contributed by atoms with van der Waals surface area (Å²) in [6, 6.07) is -1.31. The van der Waals surface area contributed by atoms with Crippen molar-refractivity contribution in [3.8, 4) is 0 Å². The molecule has 1 aliphatic heterocycles. The van der Waals surface area contributed by atoms with Gasteiger partial charge in [-0.05, 0) is 18.4 Å². The summed E-state index contributed by atoms with van der Waals surface area (Å²) in [4.78, 5) is 35.6. The Hall–Kier alpha value is -1.44. The van der Waals surface area contributed by atoms with Gasteiger partial charge >= 0.3 is 12.0 Å². The molecule has 0 aromatic rings. The number of rotatable bonds is 5. The Labute approximate surface area is 116 Å². The van der Waals surface area contributed by atoms with Gasteiger partial charge in [-0.15, -0.1) is 0 Å². The van der Waals surface area contributed by atoms with Gasteiger partial charge in [0.1, 0.15) is 6.04 Å². The van der Waals surface area contributed by atoms with Gasteiger partial charge in [0.2, 0.25) is 5.91 Å². The van der Waals surface area contributed by atoms with Crippen LogP contribution < -0.4 is 10.6 Å². The van der Waals surface area contributed by atoms with Gasteiger partial charge in [-0.25, -0.2) is 9.59 Å². The molecular weight excluding hydrogens is 270 g/mol. The quantitative estimate of drug-likeness (QED) is 0.647. The Morgan fingerprint density at radius 3 is 2.89 bits per heavy atom. The number of hydrogen-bond donors (Lipinski definition) is 3. The van der Waals surface area contributed by atoms with Gasteiger partial charge in [0.15, 0.2) is 0 Å². The second-order valence-electron chi connectivity index (χ2n) is 4.21. The van der Waals surface area contributed by atoms with Crippen LogP contribution in [-0.4, -0.2) is 65.6 Å². The molecule has 7 nitrogen and oxygen atoms in total. The highest BCUT2D eigenvalue weighted by Gasteiger charge is 2.24. The van der Waals surface area contributed by atoms with E-state index in [9.17, 15) is 14.4 Å². The van der Waals surface area contributed by atoms with Crippen LogP contribution in [0, 0.1) is 0 Å². The van der Waals surface area contributed by atoms with Crippen LogP contribution in [0.4, 0.5) is 4.79 Å². The fourth-order valence-electron chi connectivity index (χ4n) is 1.70. The first-order valence-corrected chi connectivity index (χ1v) is 7.48. The first-order chi connectivity index (χ1) is 9.04. The van der Waals surface area contributed by atoms with Gasteiger partial charge in [-0.1, -0.05) is 0 Å². The zero-order valence-corrected chi connectivity index (χ0v) is 11.7. The summed E-state index contributed by atoms with van der Waals surface area (Å²) in [5.41, 5.74) is 0. The predicted octanol–water partition coefficient (Wildman–Crippen LogP) is -0.276. The van der Waals surface area contributed by atoms with Crippen molar-refractivity contribution in [2.24, 2.45) is 0 Å². The fourth-order valence-corrected chi connectivity index (χ4v) is 2.17. The molecular formula is C11H19N3O4S. The number of carbonyl (C=O) groups is 3. The standard InChI is InChI=1S/C11H19N3O4S/c1-19-7-3-8(10(16)17)13-11(18)14-5-2-9(15)12-4-6-14/h8H,2-7H2,1H3,(H,12,15)(H,13,18)(H,16,17)/t8-/m1/s1. The number of thioether (sulfide) groups is 1. The summed E-state index contributed by atoms with van der Waals surface area (Å²) in [6.07, 6.45) is 2.51. The number of carboxylic acid groups (broad SMARTS) is 1. The van der Waals surface area contributed by atoms with Gasteiger partial charge in [0.05, 0.1) is 0 Å². The van der Waals surface area contributed by atoms with E-state index >= 15 is 0 Å². The van der Waals surface area contributed by atoms with E-state index in [1.165, 1.54) is 16.7 Å². The first-order valence-electron chi connectivity index (χ1n) is 6.08. The van der Waals surface area contributed by atoms with Crippen molar-refractivity contribution in [1.29, 1.82) is 0 Å². The van der Waals surface area contributed by atoms with Gasteiger partial charge in [0, 0.05) is 26.1 Å². The van der Waals surface area contributed by atoms with E-state index in [1.54, 1.807) is 0 Å². The molecule has 0 aliphatic carbocycles. The molecule has 0 unspecified atom stereocenters. The van der Waals surface area contributed by atoms with E-state index < -0.39 is 18.0 Å². The van der Waals surface area contributed by atoms with Crippen molar-refractivity contribution in [1.82, 2.24) is 15.5 Å². The zero-order valence-electron chi connectivity index (χ0n) is 10.8. The molecule has 8 heteroatoms. The highest BCUT2D eigenvalue weighted by Crippen LogP contribution is 2.03. The van der Waals surface area contributed by atoms with E-state index in [4.69, 9.17) is 5.11 Å². The van der Waals surface area contributed by atoms with Crippen LogP contribution in [0.15, 0.2) is 0 Å². The fraction of sp³-hybridized carbons (Fsp3) is 0.727. The second kappa shape index (κ2) is 7.88. The van der Waals surface area contributed by atoms with E-state index in [1.807, 2.05) is 6.26 Å². The Morgan fingerprint density at radius 2 is 2.26 bits per heavy atom. The molecule has 0 saturated carbocycles. The third-order valence-corrected chi connectivity index (χ3v) is 3.45. The molecule has 3 amide bonds. The Balaban J connectivity index is 2.50. The molecule has 1 saturated heterocycles. The maximum absolute atomic E-state index is 11.9. The van der Waals surface area contributed by atoms with Crippen molar-refractivity contribution in [2.45, 2.75) is 18.9 Å². The second-order valence-corrected chi connectivity index (χ2v) is 5.19. The number of nitrogens with one attached hydrogen (secondary N) is 2. The van der Waals surface area contributed by atoms with Crippen LogP contribution >= 0.6 is 11.8 Å². The molecule has 1 atom stereocenters. The molecule has 19 heavy (non-hydrogen) atoms. The predicted molar refractivity (Wildman–Crippen MR) is 72.2 cm³/mol. The topological polar surface area (TPSA) is 98.7 Å².